The van der Waals surface area contributed by atoms with Gasteiger partial charge in [0, 0.05) is 12.3 Å². The first-order chi connectivity index (χ1) is 13.3. The highest BCUT2D eigenvalue weighted by Crippen LogP contribution is 2.32. The fourth-order valence-corrected chi connectivity index (χ4v) is 2.84. The summed E-state index contributed by atoms with van der Waals surface area (Å²) in [5.74, 6) is -0.00973. The van der Waals surface area contributed by atoms with Crippen molar-refractivity contribution in [2.45, 2.75) is 12.7 Å². The first-order valence-electron chi connectivity index (χ1n) is 8.00. The molecule has 0 N–H and O–H groups in total. The number of hydrogen-bond donors (Lipinski definition) is 0. The molecule has 3 aromatic heterocycles. The number of hydrogen-bond acceptors (Lipinski definition) is 5. The van der Waals surface area contributed by atoms with Gasteiger partial charge in [-0.1, -0.05) is 12.1 Å². The molecule has 1 aromatic carbocycles. The molecule has 4 aromatic rings. The molecule has 7 nitrogen and oxygen atoms in total. The average Bonchev–Trinajstić information content (AvgIpc) is 3.27. The van der Waals surface area contributed by atoms with Gasteiger partial charge in [0.2, 0.25) is 11.2 Å². The molecule has 0 aliphatic rings. The lowest BCUT2D eigenvalue weighted by molar-refractivity contribution is -0.141. The Morgan fingerprint density at radius 3 is 2.57 bits per heavy atom. The number of methoxy groups -OCH3 is 1. The summed E-state index contributed by atoms with van der Waals surface area (Å²) in [6.07, 6.45) is -1.34. The van der Waals surface area contributed by atoms with Crippen LogP contribution < -0.4 is 4.74 Å². The summed E-state index contributed by atoms with van der Waals surface area (Å²) in [5.41, 5.74) is 0.873. The average molecular weight is 409 g/mol. The van der Waals surface area contributed by atoms with Crippen LogP contribution in [0.3, 0.4) is 0 Å². The second-order valence-corrected chi connectivity index (χ2v) is 6.21. The minimum atomic E-state index is -4.55. The van der Waals surface area contributed by atoms with E-state index in [0.717, 1.165) is 21.7 Å². The maximum Gasteiger partial charge on any atom is 0.435 e. The summed E-state index contributed by atoms with van der Waals surface area (Å²) < 4.78 is 46.5. The zero-order valence-electron chi connectivity index (χ0n) is 14.4. The van der Waals surface area contributed by atoms with Crippen LogP contribution in [0.1, 0.15) is 11.3 Å². The van der Waals surface area contributed by atoms with Gasteiger partial charge in [-0.2, -0.15) is 28.4 Å². The third kappa shape index (κ3) is 3.38. The van der Waals surface area contributed by atoms with Crippen LogP contribution in [0.2, 0.25) is 5.28 Å². The molecule has 0 saturated carbocycles. The Hall–Kier alpha value is -3.14. The van der Waals surface area contributed by atoms with Crippen molar-refractivity contribution in [3.05, 3.63) is 59.3 Å². The quantitative estimate of drug-likeness (QED) is 0.481. The highest BCUT2D eigenvalue weighted by Gasteiger charge is 2.35. The summed E-state index contributed by atoms with van der Waals surface area (Å²) in [4.78, 5) is 8.07. The van der Waals surface area contributed by atoms with E-state index in [2.05, 4.69) is 20.2 Å². The molecule has 0 amide bonds. The lowest BCUT2D eigenvalue weighted by Gasteiger charge is -2.08. The number of fused-ring (bicyclic) bond motifs is 1. The van der Waals surface area contributed by atoms with Crippen molar-refractivity contribution in [2.24, 2.45) is 0 Å². The van der Waals surface area contributed by atoms with Gasteiger partial charge in [0.1, 0.15) is 0 Å². The number of halogens is 4. The monoisotopic (exact) mass is 408 g/mol. The van der Waals surface area contributed by atoms with Crippen molar-refractivity contribution in [1.82, 2.24) is 29.5 Å². The maximum absolute atomic E-state index is 12.9. The molecule has 0 bridgehead atoms. The molecule has 0 saturated heterocycles. The molecular weight excluding hydrogens is 397 g/mol. The fourth-order valence-electron chi connectivity index (χ4n) is 2.71. The van der Waals surface area contributed by atoms with Crippen LogP contribution in [0.15, 0.2) is 42.7 Å². The molecule has 144 valence electrons. The van der Waals surface area contributed by atoms with Gasteiger partial charge < -0.3 is 4.74 Å². The molecule has 0 atom stereocenters. The minimum Gasteiger partial charge on any atom is -0.481 e. The standard InChI is InChI=1S/C17H12ClF3N6O/c1-28-14-6-13(17(19,20)21)25-27(14)12-4-2-10(3-5-12)9-26-15-11(8-23-26)7-22-16(18)24-15/h2-8H,9H2,1H3. The lowest BCUT2D eigenvalue weighted by atomic mass is 10.2. The topological polar surface area (TPSA) is 70.7 Å². The fraction of sp³-hybridized carbons (Fsp3) is 0.176. The van der Waals surface area contributed by atoms with Gasteiger partial charge >= 0.3 is 6.18 Å². The smallest absolute Gasteiger partial charge is 0.435 e. The third-order valence-corrected chi connectivity index (χ3v) is 4.22. The number of aromatic nitrogens is 6. The van der Waals surface area contributed by atoms with Crippen molar-refractivity contribution in [3.8, 4) is 11.6 Å². The van der Waals surface area contributed by atoms with Gasteiger partial charge in [-0.25, -0.2) is 14.3 Å². The van der Waals surface area contributed by atoms with Gasteiger partial charge in [-0.3, -0.25) is 0 Å². The number of rotatable bonds is 4. The number of alkyl halides is 3. The predicted molar refractivity (Wildman–Crippen MR) is 94.6 cm³/mol. The summed E-state index contributed by atoms with van der Waals surface area (Å²) in [7, 11) is 1.29. The van der Waals surface area contributed by atoms with Crippen LogP contribution >= 0.6 is 11.6 Å². The lowest BCUT2D eigenvalue weighted by Crippen LogP contribution is -2.07. The maximum atomic E-state index is 12.9. The molecule has 0 unspecified atom stereocenters. The van der Waals surface area contributed by atoms with Crippen LogP contribution in [-0.4, -0.2) is 36.6 Å². The van der Waals surface area contributed by atoms with Crippen molar-refractivity contribution in [2.75, 3.05) is 7.11 Å². The second kappa shape index (κ2) is 6.79. The van der Waals surface area contributed by atoms with E-state index in [0.29, 0.717) is 17.9 Å². The van der Waals surface area contributed by atoms with Crippen molar-refractivity contribution in [1.29, 1.82) is 0 Å². The van der Waals surface area contributed by atoms with E-state index < -0.39 is 11.9 Å². The number of ether oxygens (including phenoxy) is 1. The molecule has 0 aliphatic carbocycles. The van der Waals surface area contributed by atoms with Crippen LogP contribution in [0.4, 0.5) is 13.2 Å². The largest absolute Gasteiger partial charge is 0.481 e. The molecule has 3 heterocycles. The molecular formula is C17H12ClF3N6O. The van der Waals surface area contributed by atoms with E-state index in [-0.39, 0.29) is 11.2 Å². The van der Waals surface area contributed by atoms with Crippen molar-refractivity contribution < 1.29 is 17.9 Å². The summed E-state index contributed by atoms with van der Waals surface area (Å²) >= 11 is 5.84. The van der Waals surface area contributed by atoms with E-state index in [9.17, 15) is 13.2 Å². The second-order valence-electron chi connectivity index (χ2n) is 5.87. The zero-order valence-corrected chi connectivity index (χ0v) is 15.1. The van der Waals surface area contributed by atoms with E-state index >= 15 is 0 Å². The summed E-state index contributed by atoms with van der Waals surface area (Å²) in [6.45, 7) is 0.404. The Morgan fingerprint density at radius 2 is 1.89 bits per heavy atom. The molecule has 0 aliphatic heterocycles. The Kier molecular flexibility index (Phi) is 4.42. The Labute approximate surface area is 161 Å². The van der Waals surface area contributed by atoms with Gasteiger partial charge in [0.05, 0.1) is 30.9 Å². The zero-order chi connectivity index (χ0) is 19.9. The van der Waals surface area contributed by atoms with Crippen molar-refractivity contribution >= 4 is 22.6 Å². The Balaban J connectivity index is 1.62. The van der Waals surface area contributed by atoms with Crippen LogP contribution in [-0.2, 0) is 12.7 Å². The summed E-state index contributed by atoms with van der Waals surface area (Å²) in [6, 6.07) is 7.69. The highest BCUT2D eigenvalue weighted by molar-refractivity contribution is 6.28. The molecule has 0 spiro atoms. The molecule has 28 heavy (non-hydrogen) atoms. The first kappa shape index (κ1) is 18.2. The van der Waals surface area contributed by atoms with Gasteiger partial charge in [0.25, 0.3) is 0 Å². The van der Waals surface area contributed by atoms with Crippen LogP contribution in [0, 0.1) is 0 Å². The van der Waals surface area contributed by atoms with Gasteiger partial charge in [0.15, 0.2) is 11.3 Å². The minimum absolute atomic E-state index is 0.00973. The molecule has 11 heteroatoms. The first-order valence-corrected chi connectivity index (χ1v) is 8.37. The highest BCUT2D eigenvalue weighted by atomic mass is 35.5. The predicted octanol–water partition coefficient (Wildman–Crippen LogP) is 3.74. The molecule has 0 fully saturated rings. The number of nitrogens with zero attached hydrogens (tertiary/aromatic N) is 6. The van der Waals surface area contributed by atoms with E-state index in [1.54, 1.807) is 41.3 Å². The SMILES string of the molecule is COc1cc(C(F)(F)F)nn1-c1ccc(Cn2ncc3cnc(Cl)nc32)cc1. The van der Waals surface area contributed by atoms with Crippen LogP contribution in [0.5, 0.6) is 5.88 Å². The summed E-state index contributed by atoms with van der Waals surface area (Å²) in [5, 5.41) is 8.73. The van der Waals surface area contributed by atoms with E-state index in [4.69, 9.17) is 16.3 Å². The van der Waals surface area contributed by atoms with E-state index in [1.807, 2.05) is 0 Å². The number of benzene rings is 1. The van der Waals surface area contributed by atoms with Crippen molar-refractivity contribution in [3.63, 3.8) is 0 Å². The van der Waals surface area contributed by atoms with Gasteiger partial charge in [-0.05, 0) is 29.3 Å². The van der Waals surface area contributed by atoms with E-state index in [1.165, 1.54) is 7.11 Å². The van der Waals surface area contributed by atoms with Gasteiger partial charge in [-0.15, -0.1) is 0 Å². The Morgan fingerprint density at radius 1 is 1.14 bits per heavy atom. The molecule has 4 rings (SSSR count). The Bertz CT molecular complexity index is 1140. The van der Waals surface area contributed by atoms with Crippen LogP contribution in [0.25, 0.3) is 16.7 Å². The third-order valence-electron chi connectivity index (χ3n) is 4.04. The normalized spacial score (nSPS) is 11.9. The molecule has 0 radical (unpaired) electrons.